The van der Waals surface area contributed by atoms with E-state index in [9.17, 15) is 13.2 Å². The van der Waals surface area contributed by atoms with Crippen LogP contribution in [0.5, 0.6) is 11.5 Å². The molecule has 0 aliphatic rings. The predicted octanol–water partition coefficient (Wildman–Crippen LogP) is 1.47. The molecule has 0 spiro atoms. The van der Waals surface area contributed by atoms with Gasteiger partial charge in [-0.25, -0.2) is 13.6 Å². The second-order valence-corrected chi connectivity index (χ2v) is 7.04. The summed E-state index contributed by atoms with van der Waals surface area (Å²) in [5, 5.41) is 7.79. The summed E-state index contributed by atoms with van der Waals surface area (Å²) in [6.07, 6.45) is 0.569. The van der Waals surface area contributed by atoms with E-state index in [1.54, 1.807) is 36.4 Å². The van der Waals surface area contributed by atoms with Gasteiger partial charge >= 0.3 is 0 Å². The van der Waals surface area contributed by atoms with Crippen LogP contribution in [-0.4, -0.2) is 34.1 Å². The molecule has 0 bridgehead atoms. The van der Waals surface area contributed by atoms with Crippen molar-refractivity contribution >= 4 is 15.9 Å². The molecule has 26 heavy (non-hydrogen) atoms. The highest BCUT2D eigenvalue weighted by atomic mass is 32.2. The fraction of sp³-hybridized carbons (Fsp3) is 0.278. The highest BCUT2D eigenvalue weighted by Crippen LogP contribution is 2.17. The van der Waals surface area contributed by atoms with Gasteiger partial charge < -0.3 is 14.8 Å². The summed E-state index contributed by atoms with van der Waals surface area (Å²) in [6, 6.07) is 13.3. The molecule has 0 aliphatic carbocycles. The Bertz CT molecular complexity index is 818. The zero-order valence-corrected chi connectivity index (χ0v) is 15.3. The molecule has 140 valence electrons. The van der Waals surface area contributed by atoms with Crippen LogP contribution in [0.4, 0.5) is 0 Å². The lowest BCUT2D eigenvalue weighted by Gasteiger charge is -2.09. The van der Waals surface area contributed by atoms with Crippen molar-refractivity contribution in [2.75, 3.05) is 19.8 Å². The van der Waals surface area contributed by atoms with Crippen molar-refractivity contribution in [3.8, 4) is 11.5 Å². The molecule has 0 aliphatic heterocycles. The van der Waals surface area contributed by atoms with Crippen LogP contribution in [0.25, 0.3) is 0 Å². The minimum absolute atomic E-state index is 0.0639. The number of ether oxygens (including phenoxy) is 2. The van der Waals surface area contributed by atoms with E-state index in [0.717, 1.165) is 11.3 Å². The number of amides is 1. The summed E-state index contributed by atoms with van der Waals surface area (Å²) >= 11 is 0. The number of carbonyl (C=O) groups excluding carboxylic acids is 1. The first-order valence-electron chi connectivity index (χ1n) is 8.12. The van der Waals surface area contributed by atoms with Crippen LogP contribution in [0.3, 0.4) is 0 Å². The quantitative estimate of drug-likeness (QED) is 0.687. The van der Waals surface area contributed by atoms with Crippen molar-refractivity contribution in [2.45, 2.75) is 18.2 Å². The van der Waals surface area contributed by atoms with Gasteiger partial charge in [-0.2, -0.15) is 0 Å². The van der Waals surface area contributed by atoms with E-state index >= 15 is 0 Å². The van der Waals surface area contributed by atoms with Gasteiger partial charge in [-0.3, -0.25) is 4.79 Å². The molecule has 2 aromatic carbocycles. The number of nitrogens with two attached hydrogens (primary N) is 1. The number of nitrogens with one attached hydrogen (secondary N) is 1. The predicted molar refractivity (Wildman–Crippen MR) is 97.6 cm³/mol. The van der Waals surface area contributed by atoms with Crippen molar-refractivity contribution in [1.82, 2.24) is 5.32 Å². The Morgan fingerprint density at radius 3 is 2.12 bits per heavy atom. The van der Waals surface area contributed by atoms with Gasteiger partial charge in [-0.1, -0.05) is 12.1 Å². The summed E-state index contributed by atoms with van der Waals surface area (Å²) < 4.78 is 33.1. The summed E-state index contributed by atoms with van der Waals surface area (Å²) in [5.41, 5.74) is 0.894. The van der Waals surface area contributed by atoms with E-state index in [-0.39, 0.29) is 17.4 Å². The monoisotopic (exact) mass is 378 g/mol. The highest BCUT2D eigenvalue weighted by Gasteiger charge is 2.07. The Hall–Kier alpha value is -2.58. The summed E-state index contributed by atoms with van der Waals surface area (Å²) in [7, 11) is -3.69. The van der Waals surface area contributed by atoms with E-state index in [2.05, 4.69) is 5.32 Å². The molecule has 1 amide bonds. The molecule has 0 saturated heterocycles. The zero-order valence-electron chi connectivity index (χ0n) is 14.5. The minimum Gasteiger partial charge on any atom is -0.494 e. The minimum atomic E-state index is -3.69. The lowest BCUT2D eigenvalue weighted by atomic mass is 10.1. The number of hydrogen-bond acceptors (Lipinski definition) is 5. The van der Waals surface area contributed by atoms with Crippen molar-refractivity contribution in [3.05, 3.63) is 54.1 Å². The van der Waals surface area contributed by atoms with E-state index < -0.39 is 10.0 Å². The maximum Gasteiger partial charge on any atom is 0.257 e. The third-order valence-electron chi connectivity index (χ3n) is 3.49. The van der Waals surface area contributed by atoms with Gasteiger partial charge in [0.15, 0.2) is 6.61 Å². The summed E-state index contributed by atoms with van der Waals surface area (Å²) in [6.45, 7) is 2.83. The molecular formula is C18H22N2O5S. The second-order valence-electron chi connectivity index (χ2n) is 5.48. The lowest BCUT2D eigenvalue weighted by Crippen LogP contribution is -2.30. The molecule has 0 fully saturated rings. The summed E-state index contributed by atoms with van der Waals surface area (Å²) in [5.74, 6) is 1.10. The van der Waals surface area contributed by atoms with Gasteiger partial charge in [-0.05, 0) is 55.3 Å². The van der Waals surface area contributed by atoms with Crippen LogP contribution in [0.15, 0.2) is 53.4 Å². The van der Waals surface area contributed by atoms with Gasteiger partial charge in [0.25, 0.3) is 5.91 Å². The number of hydrogen-bond donors (Lipinski definition) is 2. The third-order valence-corrected chi connectivity index (χ3v) is 4.42. The topological polar surface area (TPSA) is 108 Å². The number of carbonyl (C=O) groups is 1. The average Bonchev–Trinajstić information content (AvgIpc) is 2.61. The zero-order chi connectivity index (χ0) is 19.0. The number of benzene rings is 2. The number of rotatable bonds is 9. The normalized spacial score (nSPS) is 11.0. The lowest BCUT2D eigenvalue weighted by molar-refractivity contribution is -0.123. The van der Waals surface area contributed by atoms with E-state index in [0.29, 0.717) is 25.3 Å². The van der Waals surface area contributed by atoms with Crippen molar-refractivity contribution in [1.29, 1.82) is 0 Å². The molecule has 0 aromatic heterocycles. The third kappa shape index (κ3) is 6.38. The Morgan fingerprint density at radius 1 is 1.00 bits per heavy atom. The SMILES string of the molecule is CCOc1ccc(OCC(=O)NCCc2ccc(S(N)(=O)=O)cc2)cc1. The molecule has 8 heteroatoms. The summed E-state index contributed by atoms with van der Waals surface area (Å²) in [4.78, 5) is 11.9. The van der Waals surface area contributed by atoms with Crippen molar-refractivity contribution in [2.24, 2.45) is 5.14 Å². The Balaban J connectivity index is 1.71. The van der Waals surface area contributed by atoms with E-state index in [4.69, 9.17) is 14.6 Å². The van der Waals surface area contributed by atoms with Crippen LogP contribution in [-0.2, 0) is 21.2 Å². The largest absolute Gasteiger partial charge is 0.494 e. The molecule has 2 rings (SSSR count). The molecule has 2 aromatic rings. The molecular weight excluding hydrogens is 356 g/mol. The van der Waals surface area contributed by atoms with Crippen LogP contribution in [0.2, 0.25) is 0 Å². The highest BCUT2D eigenvalue weighted by molar-refractivity contribution is 7.89. The van der Waals surface area contributed by atoms with Gasteiger partial charge in [0.2, 0.25) is 10.0 Å². The number of primary sulfonamides is 1. The molecule has 0 saturated carbocycles. The van der Waals surface area contributed by atoms with E-state index in [1.165, 1.54) is 12.1 Å². The maximum absolute atomic E-state index is 11.8. The van der Waals surface area contributed by atoms with Gasteiger partial charge in [-0.15, -0.1) is 0 Å². The Labute approximate surface area is 153 Å². The Morgan fingerprint density at radius 2 is 1.58 bits per heavy atom. The maximum atomic E-state index is 11.8. The smallest absolute Gasteiger partial charge is 0.257 e. The molecule has 7 nitrogen and oxygen atoms in total. The first kappa shape index (κ1) is 19.7. The molecule has 0 atom stereocenters. The first-order chi connectivity index (χ1) is 12.4. The van der Waals surface area contributed by atoms with Crippen LogP contribution in [0.1, 0.15) is 12.5 Å². The number of sulfonamides is 1. The van der Waals surface area contributed by atoms with Crippen LogP contribution >= 0.6 is 0 Å². The standard InChI is InChI=1S/C18H22N2O5S/c1-2-24-15-5-7-16(8-6-15)25-13-18(21)20-12-11-14-3-9-17(10-4-14)26(19,22)23/h3-10H,2,11-13H2,1H3,(H,20,21)(H2,19,22,23). The van der Waals surface area contributed by atoms with Gasteiger partial charge in [0.1, 0.15) is 11.5 Å². The van der Waals surface area contributed by atoms with Crippen LogP contribution < -0.4 is 19.9 Å². The fourth-order valence-electron chi connectivity index (χ4n) is 2.19. The van der Waals surface area contributed by atoms with Crippen LogP contribution in [0, 0.1) is 0 Å². The first-order valence-corrected chi connectivity index (χ1v) is 9.67. The molecule has 3 N–H and O–H groups in total. The second kappa shape index (κ2) is 9.21. The van der Waals surface area contributed by atoms with Gasteiger partial charge in [0, 0.05) is 6.54 Å². The molecule has 0 radical (unpaired) electrons. The van der Waals surface area contributed by atoms with Crippen molar-refractivity contribution in [3.63, 3.8) is 0 Å². The fourth-order valence-corrected chi connectivity index (χ4v) is 2.71. The Kier molecular flexibility index (Phi) is 6.99. The molecule has 0 unspecified atom stereocenters. The van der Waals surface area contributed by atoms with E-state index in [1.807, 2.05) is 6.92 Å². The van der Waals surface area contributed by atoms with Crippen molar-refractivity contribution < 1.29 is 22.7 Å². The average molecular weight is 378 g/mol. The molecule has 0 heterocycles. The van der Waals surface area contributed by atoms with Gasteiger partial charge in [0.05, 0.1) is 11.5 Å².